The molecule has 1 heterocycles. The van der Waals surface area contributed by atoms with E-state index in [0.29, 0.717) is 23.3 Å². The van der Waals surface area contributed by atoms with Gasteiger partial charge in [-0.2, -0.15) is 0 Å². The van der Waals surface area contributed by atoms with Gasteiger partial charge in [-0.3, -0.25) is 4.79 Å². The normalized spacial score (nSPS) is 19.0. The lowest BCUT2D eigenvalue weighted by atomic mass is 10.1. The zero-order valence-electron chi connectivity index (χ0n) is 17.0. The van der Waals surface area contributed by atoms with Gasteiger partial charge in [0.15, 0.2) is 5.82 Å². The minimum atomic E-state index is -0.0977. The molecule has 0 bridgehead atoms. The molecule has 1 aromatic heterocycles. The first-order chi connectivity index (χ1) is 14.3. The van der Waals surface area contributed by atoms with Gasteiger partial charge in [0.25, 0.3) is 5.91 Å². The molecule has 2 aliphatic carbocycles. The molecule has 1 amide bonds. The summed E-state index contributed by atoms with van der Waals surface area (Å²) in [6, 6.07) is 18.0. The summed E-state index contributed by atoms with van der Waals surface area (Å²) in [6.07, 6.45) is 7.41. The van der Waals surface area contributed by atoms with Crippen LogP contribution in [0.3, 0.4) is 0 Å². The zero-order valence-corrected chi connectivity index (χ0v) is 18.7. The van der Waals surface area contributed by atoms with Gasteiger partial charge in [-0.05, 0) is 79.8 Å². The zero-order chi connectivity index (χ0) is 19.6. The quantitative estimate of drug-likeness (QED) is 0.519. The van der Waals surface area contributed by atoms with Crippen LogP contribution < -0.4 is 10.6 Å². The van der Waals surface area contributed by atoms with Crippen LogP contribution in [0.25, 0.3) is 11.4 Å². The molecule has 0 aliphatic heterocycles. The van der Waals surface area contributed by atoms with Crippen LogP contribution in [0.5, 0.6) is 0 Å². The summed E-state index contributed by atoms with van der Waals surface area (Å²) in [4.78, 5) is 21.0. The Hall–Kier alpha value is -2.47. The maximum Gasteiger partial charge on any atom is 0.255 e. The van der Waals surface area contributed by atoms with Crippen LogP contribution in [-0.4, -0.2) is 28.5 Å². The van der Waals surface area contributed by atoms with Gasteiger partial charge in [-0.25, -0.2) is 9.97 Å². The van der Waals surface area contributed by atoms with Crippen LogP contribution in [0.4, 0.5) is 5.69 Å². The van der Waals surface area contributed by atoms with Gasteiger partial charge in [0.1, 0.15) is 0 Å². The van der Waals surface area contributed by atoms with Crippen LogP contribution in [0.1, 0.15) is 41.1 Å². The molecule has 5 rings (SSSR count). The van der Waals surface area contributed by atoms with Crippen LogP contribution in [0.15, 0.2) is 67.0 Å². The number of amides is 1. The van der Waals surface area contributed by atoms with Crippen molar-refractivity contribution in [2.75, 3.05) is 11.9 Å². The van der Waals surface area contributed by atoms with Crippen molar-refractivity contribution in [2.45, 2.75) is 31.2 Å². The fourth-order valence-electron chi connectivity index (χ4n) is 3.66. The number of rotatable bonds is 7. The number of nitrogens with one attached hydrogen (secondary N) is 2. The summed E-state index contributed by atoms with van der Waals surface area (Å²) in [5.74, 6) is 2.08. The Morgan fingerprint density at radius 1 is 0.935 bits per heavy atom. The summed E-state index contributed by atoms with van der Waals surface area (Å²) < 4.78 is 0. The monoisotopic (exact) mass is 456 g/mol. The number of carbonyl (C=O) groups is 1. The minimum Gasteiger partial charge on any atom is -0.322 e. The SMILES string of the molecule is Cl.Cl.O=C(Nc1ccc(-c2ncccn2)cc1)c1ccc(C2CC2NCC2CC2)cc1. The highest BCUT2D eigenvalue weighted by molar-refractivity contribution is 6.04. The molecule has 2 fully saturated rings. The van der Waals surface area contributed by atoms with E-state index in [2.05, 4.69) is 32.7 Å². The van der Waals surface area contributed by atoms with E-state index >= 15 is 0 Å². The molecule has 2 saturated carbocycles. The Morgan fingerprint density at radius 2 is 1.61 bits per heavy atom. The summed E-state index contributed by atoms with van der Waals surface area (Å²) in [5, 5.41) is 6.62. The predicted molar refractivity (Wildman–Crippen MR) is 128 cm³/mol. The number of anilines is 1. The Kier molecular flexibility index (Phi) is 7.65. The Morgan fingerprint density at radius 3 is 2.26 bits per heavy atom. The van der Waals surface area contributed by atoms with E-state index in [1.807, 2.05) is 36.4 Å². The average molecular weight is 457 g/mol. The third kappa shape index (κ3) is 5.82. The molecule has 5 nitrogen and oxygen atoms in total. The number of carbonyl (C=O) groups excluding carboxylic acids is 1. The lowest BCUT2D eigenvalue weighted by molar-refractivity contribution is 0.102. The number of nitrogens with zero attached hydrogens (tertiary/aromatic N) is 2. The van der Waals surface area contributed by atoms with Gasteiger partial charge >= 0.3 is 0 Å². The summed E-state index contributed by atoms with van der Waals surface area (Å²) >= 11 is 0. The van der Waals surface area contributed by atoms with E-state index < -0.39 is 0 Å². The van der Waals surface area contributed by atoms with Crippen molar-refractivity contribution >= 4 is 36.4 Å². The molecule has 3 aromatic rings. The highest BCUT2D eigenvalue weighted by Gasteiger charge is 2.38. The molecule has 7 heteroatoms. The van der Waals surface area contributed by atoms with E-state index in [0.717, 1.165) is 23.7 Å². The van der Waals surface area contributed by atoms with Crippen molar-refractivity contribution in [1.29, 1.82) is 0 Å². The van der Waals surface area contributed by atoms with Gasteiger partial charge in [0, 0.05) is 41.2 Å². The number of hydrogen-bond acceptors (Lipinski definition) is 4. The second-order valence-electron chi connectivity index (χ2n) is 8.03. The molecule has 2 aliphatic rings. The average Bonchev–Trinajstić information content (AvgIpc) is 3.69. The predicted octanol–water partition coefficient (Wildman–Crippen LogP) is 5.10. The van der Waals surface area contributed by atoms with Crippen molar-refractivity contribution < 1.29 is 4.79 Å². The van der Waals surface area contributed by atoms with Crippen molar-refractivity contribution in [3.63, 3.8) is 0 Å². The van der Waals surface area contributed by atoms with Crippen LogP contribution in [0, 0.1) is 5.92 Å². The number of hydrogen-bond donors (Lipinski definition) is 2. The first-order valence-corrected chi connectivity index (χ1v) is 10.3. The largest absolute Gasteiger partial charge is 0.322 e. The molecule has 2 N–H and O–H groups in total. The lowest BCUT2D eigenvalue weighted by Gasteiger charge is -2.08. The maximum absolute atomic E-state index is 12.6. The topological polar surface area (TPSA) is 66.9 Å². The van der Waals surface area contributed by atoms with Crippen molar-refractivity contribution in [3.8, 4) is 11.4 Å². The maximum atomic E-state index is 12.6. The first-order valence-electron chi connectivity index (χ1n) is 10.3. The minimum absolute atomic E-state index is 0. The van der Waals surface area contributed by atoms with E-state index in [1.54, 1.807) is 18.5 Å². The Balaban J connectivity index is 0.00000136. The van der Waals surface area contributed by atoms with Gasteiger partial charge in [-0.1, -0.05) is 12.1 Å². The Bertz CT molecular complexity index is 992. The standard InChI is InChI=1S/C24H24N4O.2ClH/c29-24(28-20-10-8-18(9-11-20)23-25-12-1-13-26-23)19-6-4-17(5-7-19)21-14-22(21)27-15-16-2-3-16;;/h1,4-13,16,21-22,27H,2-3,14-15H2,(H,28,29);2*1H. The molecule has 2 atom stereocenters. The van der Waals surface area contributed by atoms with Crippen LogP contribution in [-0.2, 0) is 0 Å². The molecular formula is C24H26Cl2N4O. The molecule has 0 spiro atoms. The van der Waals surface area contributed by atoms with Crippen LogP contribution >= 0.6 is 24.8 Å². The van der Waals surface area contributed by atoms with Crippen molar-refractivity contribution in [1.82, 2.24) is 15.3 Å². The summed E-state index contributed by atoms with van der Waals surface area (Å²) in [7, 11) is 0. The van der Waals surface area contributed by atoms with E-state index in [-0.39, 0.29) is 30.7 Å². The van der Waals surface area contributed by atoms with Gasteiger partial charge in [-0.15, -0.1) is 24.8 Å². The second kappa shape index (κ2) is 10.2. The third-order valence-electron chi connectivity index (χ3n) is 5.72. The first kappa shape index (κ1) is 23.2. The van der Waals surface area contributed by atoms with Gasteiger partial charge < -0.3 is 10.6 Å². The molecule has 162 valence electrons. The second-order valence-corrected chi connectivity index (χ2v) is 8.03. The Labute approximate surface area is 194 Å². The van der Waals surface area contributed by atoms with E-state index in [4.69, 9.17) is 0 Å². The van der Waals surface area contributed by atoms with Gasteiger partial charge in [0.05, 0.1) is 0 Å². The summed E-state index contributed by atoms with van der Waals surface area (Å²) in [6.45, 7) is 1.16. The fraction of sp³-hybridized carbons (Fsp3) is 0.292. The van der Waals surface area contributed by atoms with Crippen molar-refractivity contribution in [2.24, 2.45) is 5.92 Å². The van der Waals surface area contributed by atoms with E-state index in [9.17, 15) is 4.79 Å². The summed E-state index contributed by atoms with van der Waals surface area (Å²) in [5.41, 5.74) is 3.67. The lowest BCUT2D eigenvalue weighted by Crippen LogP contribution is -2.20. The van der Waals surface area contributed by atoms with Crippen molar-refractivity contribution in [3.05, 3.63) is 78.1 Å². The number of benzene rings is 2. The highest BCUT2D eigenvalue weighted by Crippen LogP contribution is 2.41. The molecule has 0 radical (unpaired) electrons. The van der Waals surface area contributed by atoms with Gasteiger partial charge in [0.2, 0.25) is 0 Å². The smallest absolute Gasteiger partial charge is 0.255 e. The van der Waals surface area contributed by atoms with E-state index in [1.165, 1.54) is 24.8 Å². The fourth-order valence-corrected chi connectivity index (χ4v) is 3.66. The number of halogens is 2. The molecular weight excluding hydrogens is 431 g/mol. The molecule has 2 unspecified atom stereocenters. The third-order valence-corrected chi connectivity index (χ3v) is 5.72. The molecule has 2 aromatic carbocycles. The highest BCUT2D eigenvalue weighted by atomic mass is 35.5. The molecule has 31 heavy (non-hydrogen) atoms. The van der Waals surface area contributed by atoms with Crippen LogP contribution in [0.2, 0.25) is 0 Å². The number of aromatic nitrogens is 2. The molecule has 0 saturated heterocycles.